The number of halogens is 1. The lowest BCUT2D eigenvalue weighted by atomic mass is 10.1. The van der Waals surface area contributed by atoms with Crippen LogP contribution < -0.4 is 5.32 Å². The number of nitrogens with one attached hydrogen (secondary N) is 1. The van der Waals surface area contributed by atoms with Gasteiger partial charge in [-0.15, -0.1) is 0 Å². The predicted octanol–water partition coefficient (Wildman–Crippen LogP) is 3.99. The van der Waals surface area contributed by atoms with Crippen molar-refractivity contribution < 1.29 is 18.0 Å². The second kappa shape index (κ2) is 12.3. The molecule has 0 heterocycles. The predicted molar refractivity (Wildman–Crippen MR) is 135 cm³/mol. The third-order valence-electron chi connectivity index (χ3n) is 5.87. The molecule has 2 aromatic carbocycles. The number of hydrogen-bond donors (Lipinski definition) is 1. The first-order chi connectivity index (χ1) is 16.0. The van der Waals surface area contributed by atoms with E-state index in [1.165, 1.54) is 36.2 Å². The van der Waals surface area contributed by atoms with Crippen LogP contribution in [0.4, 0.5) is 0 Å². The van der Waals surface area contributed by atoms with Crippen LogP contribution in [0.25, 0.3) is 0 Å². The van der Waals surface area contributed by atoms with Crippen LogP contribution in [0.3, 0.4) is 0 Å². The van der Waals surface area contributed by atoms with Crippen LogP contribution in [0.15, 0.2) is 53.4 Å². The summed E-state index contributed by atoms with van der Waals surface area (Å²) in [5.74, 6) is -0.698. The van der Waals surface area contributed by atoms with Gasteiger partial charge in [0.15, 0.2) is 0 Å². The van der Waals surface area contributed by atoms with E-state index in [1.807, 2.05) is 52.0 Å². The van der Waals surface area contributed by atoms with Gasteiger partial charge in [-0.1, -0.05) is 49.7 Å². The van der Waals surface area contributed by atoms with Crippen LogP contribution in [0.2, 0.25) is 5.02 Å². The molecule has 0 fully saturated rings. The van der Waals surface area contributed by atoms with Crippen LogP contribution >= 0.6 is 11.6 Å². The normalized spacial score (nSPS) is 13.4. The fraction of sp³-hybridized carbons (Fsp3) is 0.440. The standard InChI is InChI=1S/C25H34ClN3O4S/c1-6-19(4)27-25(31)23(7-2)29(16-20-11-9-8-10-18(20)3)24(30)17-28(5)34(32,33)22-14-12-21(26)13-15-22/h8-15,19,23H,6-7,16-17H2,1-5H3,(H,27,31)/t19-,23-/m0/s1. The van der Waals surface area contributed by atoms with Crippen molar-refractivity contribution >= 4 is 33.4 Å². The first-order valence-electron chi connectivity index (χ1n) is 11.4. The smallest absolute Gasteiger partial charge is 0.243 e. The van der Waals surface area contributed by atoms with E-state index in [4.69, 9.17) is 11.6 Å². The molecule has 0 aliphatic carbocycles. The minimum Gasteiger partial charge on any atom is -0.352 e. The van der Waals surface area contributed by atoms with Gasteiger partial charge in [0.05, 0.1) is 11.4 Å². The van der Waals surface area contributed by atoms with Crippen LogP contribution in [-0.4, -0.2) is 55.1 Å². The van der Waals surface area contributed by atoms with Crippen LogP contribution in [0.1, 0.15) is 44.7 Å². The summed E-state index contributed by atoms with van der Waals surface area (Å²) >= 11 is 5.88. The zero-order valence-electron chi connectivity index (χ0n) is 20.4. The van der Waals surface area contributed by atoms with E-state index in [-0.39, 0.29) is 23.4 Å². The number of nitrogens with zero attached hydrogens (tertiary/aromatic N) is 2. The van der Waals surface area contributed by atoms with Crippen LogP contribution in [0, 0.1) is 6.92 Å². The molecule has 0 radical (unpaired) electrons. The molecule has 2 aromatic rings. The Bertz CT molecular complexity index is 1090. The monoisotopic (exact) mass is 507 g/mol. The van der Waals surface area contributed by atoms with E-state index >= 15 is 0 Å². The quantitative estimate of drug-likeness (QED) is 0.498. The number of rotatable bonds is 11. The molecule has 2 rings (SSSR count). The van der Waals surface area contributed by atoms with Gasteiger partial charge in [0.25, 0.3) is 0 Å². The van der Waals surface area contributed by atoms with Crippen molar-refractivity contribution in [1.82, 2.24) is 14.5 Å². The SMILES string of the molecule is CC[C@H](C)NC(=O)[C@H](CC)N(Cc1ccccc1C)C(=O)CN(C)S(=O)(=O)c1ccc(Cl)cc1. The first-order valence-corrected chi connectivity index (χ1v) is 13.2. The van der Waals surface area contributed by atoms with Gasteiger partial charge in [0.1, 0.15) is 6.04 Å². The Kier molecular flexibility index (Phi) is 10.1. The maximum absolute atomic E-state index is 13.5. The van der Waals surface area contributed by atoms with Crippen molar-refractivity contribution in [3.63, 3.8) is 0 Å². The third-order valence-corrected chi connectivity index (χ3v) is 7.94. The Morgan fingerprint density at radius 3 is 2.21 bits per heavy atom. The lowest BCUT2D eigenvalue weighted by molar-refractivity contribution is -0.141. The molecule has 0 unspecified atom stereocenters. The van der Waals surface area contributed by atoms with Gasteiger partial charge in [0.2, 0.25) is 21.8 Å². The second-order valence-electron chi connectivity index (χ2n) is 8.41. The molecule has 0 saturated heterocycles. The average molecular weight is 508 g/mol. The van der Waals surface area contributed by atoms with Gasteiger partial charge in [-0.05, 0) is 62.1 Å². The minimum atomic E-state index is -3.91. The van der Waals surface area contributed by atoms with Gasteiger partial charge in [0, 0.05) is 24.7 Å². The number of carbonyl (C=O) groups excluding carboxylic acids is 2. The molecule has 34 heavy (non-hydrogen) atoms. The van der Waals surface area contributed by atoms with E-state index in [0.29, 0.717) is 11.4 Å². The summed E-state index contributed by atoms with van der Waals surface area (Å²) in [5, 5.41) is 3.37. The molecular formula is C25H34ClN3O4S. The van der Waals surface area contributed by atoms with Gasteiger partial charge in [-0.25, -0.2) is 8.42 Å². The zero-order chi connectivity index (χ0) is 25.5. The molecule has 186 valence electrons. The van der Waals surface area contributed by atoms with Crippen LogP contribution in [0.5, 0.6) is 0 Å². The molecule has 2 amide bonds. The summed E-state index contributed by atoms with van der Waals surface area (Å²) in [7, 11) is -2.56. The van der Waals surface area contributed by atoms with Crippen LogP contribution in [-0.2, 0) is 26.2 Å². The van der Waals surface area contributed by atoms with E-state index in [0.717, 1.165) is 21.9 Å². The highest BCUT2D eigenvalue weighted by Gasteiger charge is 2.32. The first kappa shape index (κ1) is 27.8. The molecule has 0 saturated carbocycles. The van der Waals surface area contributed by atoms with Gasteiger partial charge in [-0.2, -0.15) is 4.31 Å². The van der Waals surface area contributed by atoms with Crippen molar-refractivity contribution in [2.75, 3.05) is 13.6 Å². The fourth-order valence-electron chi connectivity index (χ4n) is 3.48. The number of benzene rings is 2. The van der Waals surface area contributed by atoms with Gasteiger partial charge < -0.3 is 10.2 Å². The molecular weight excluding hydrogens is 474 g/mol. The summed E-state index contributed by atoms with van der Waals surface area (Å²) in [6.07, 6.45) is 1.16. The molecule has 9 heteroatoms. The summed E-state index contributed by atoms with van der Waals surface area (Å²) in [4.78, 5) is 28.1. The fourth-order valence-corrected chi connectivity index (χ4v) is 4.73. The number of carbonyl (C=O) groups is 2. The minimum absolute atomic E-state index is 0.0371. The Labute approximate surface area is 208 Å². The highest BCUT2D eigenvalue weighted by molar-refractivity contribution is 7.89. The van der Waals surface area contributed by atoms with E-state index < -0.39 is 28.5 Å². The Balaban J connectivity index is 2.34. The van der Waals surface area contributed by atoms with E-state index in [9.17, 15) is 18.0 Å². The maximum atomic E-state index is 13.5. The van der Waals surface area contributed by atoms with Crippen molar-refractivity contribution in [3.8, 4) is 0 Å². The highest BCUT2D eigenvalue weighted by atomic mass is 35.5. The third kappa shape index (κ3) is 7.04. The number of hydrogen-bond acceptors (Lipinski definition) is 4. The number of amides is 2. The molecule has 2 atom stereocenters. The Morgan fingerprint density at radius 1 is 1.03 bits per heavy atom. The highest BCUT2D eigenvalue weighted by Crippen LogP contribution is 2.20. The summed E-state index contributed by atoms with van der Waals surface area (Å²) in [6, 6.07) is 12.6. The van der Waals surface area contributed by atoms with Crippen molar-refractivity contribution in [2.24, 2.45) is 0 Å². The molecule has 0 spiro atoms. The molecule has 1 N–H and O–H groups in total. The topological polar surface area (TPSA) is 86.8 Å². The molecule has 0 bridgehead atoms. The molecule has 0 aliphatic heterocycles. The van der Waals surface area contributed by atoms with Crippen molar-refractivity contribution in [3.05, 3.63) is 64.7 Å². The molecule has 0 aromatic heterocycles. The lowest BCUT2D eigenvalue weighted by Gasteiger charge is -2.33. The largest absolute Gasteiger partial charge is 0.352 e. The van der Waals surface area contributed by atoms with E-state index in [2.05, 4.69) is 5.32 Å². The van der Waals surface area contributed by atoms with E-state index in [1.54, 1.807) is 0 Å². The van der Waals surface area contributed by atoms with Crippen molar-refractivity contribution in [1.29, 1.82) is 0 Å². The number of likely N-dealkylation sites (N-methyl/N-ethyl adjacent to an activating group) is 1. The number of sulfonamides is 1. The Morgan fingerprint density at radius 2 is 1.65 bits per heavy atom. The maximum Gasteiger partial charge on any atom is 0.243 e. The average Bonchev–Trinajstić information content (AvgIpc) is 2.80. The molecule has 7 nitrogen and oxygen atoms in total. The summed E-state index contributed by atoms with van der Waals surface area (Å²) in [6.45, 7) is 7.46. The molecule has 0 aliphatic rings. The van der Waals surface area contributed by atoms with Gasteiger partial charge >= 0.3 is 0 Å². The number of aryl methyl sites for hydroxylation is 1. The van der Waals surface area contributed by atoms with Gasteiger partial charge in [-0.3, -0.25) is 9.59 Å². The summed E-state index contributed by atoms with van der Waals surface area (Å²) < 4.78 is 27.0. The Hall–Kier alpha value is -2.42. The lowest BCUT2D eigenvalue weighted by Crippen LogP contribution is -2.53. The zero-order valence-corrected chi connectivity index (χ0v) is 22.0. The summed E-state index contributed by atoms with van der Waals surface area (Å²) in [5.41, 5.74) is 1.88. The van der Waals surface area contributed by atoms with Crippen molar-refractivity contribution in [2.45, 2.75) is 64.1 Å². The second-order valence-corrected chi connectivity index (χ2v) is 10.9.